The Morgan fingerprint density at radius 1 is 1.33 bits per heavy atom. The first kappa shape index (κ1) is 15.0. The van der Waals surface area contributed by atoms with Crippen LogP contribution >= 0.6 is 0 Å². The van der Waals surface area contributed by atoms with Crippen LogP contribution in [0.2, 0.25) is 0 Å². The Morgan fingerprint density at radius 2 is 2.10 bits per heavy atom. The summed E-state index contributed by atoms with van der Waals surface area (Å²) in [6, 6.07) is 7.21. The molecular formula is C14H19N5O2. The van der Waals surface area contributed by atoms with Crippen molar-refractivity contribution in [3.8, 4) is 5.75 Å². The van der Waals surface area contributed by atoms with Gasteiger partial charge in [-0.1, -0.05) is 0 Å². The number of benzene rings is 1. The predicted molar refractivity (Wildman–Crippen MR) is 79.2 cm³/mol. The molecule has 0 aliphatic carbocycles. The van der Waals surface area contributed by atoms with Gasteiger partial charge >= 0.3 is 0 Å². The van der Waals surface area contributed by atoms with Gasteiger partial charge in [-0.15, -0.1) is 10.2 Å². The molecule has 0 saturated carbocycles. The number of aromatic nitrogens is 3. The summed E-state index contributed by atoms with van der Waals surface area (Å²) in [5.74, 6) is 1.56. The molecule has 21 heavy (non-hydrogen) atoms. The highest BCUT2D eigenvalue weighted by Gasteiger charge is 2.03. The molecule has 0 saturated heterocycles. The molecule has 1 amide bonds. The highest BCUT2D eigenvalue weighted by molar-refractivity contribution is 5.92. The molecule has 0 atom stereocenters. The number of carbonyl (C=O) groups is 1. The lowest BCUT2D eigenvalue weighted by atomic mass is 10.3. The zero-order valence-corrected chi connectivity index (χ0v) is 12.2. The van der Waals surface area contributed by atoms with Gasteiger partial charge in [0.25, 0.3) is 0 Å². The molecule has 1 aromatic carbocycles. The molecule has 2 N–H and O–H groups in total. The summed E-state index contributed by atoms with van der Waals surface area (Å²) >= 11 is 0. The number of amides is 1. The van der Waals surface area contributed by atoms with Crippen LogP contribution in [0.4, 0.5) is 5.69 Å². The minimum Gasteiger partial charge on any atom is -0.497 e. The SMILES string of the molecule is COc1ccc(NC(=O)CNCCc2nncn2C)cc1. The van der Waals surface area contributed by atoms with E-state index in [4.69, 9.17) is 4.74 Å². The average molecular weight is 289 g/mol. The standard InChI is InChI=1S/C14H19N5O2/c1-19-10-16-18-13(19)7-8-15-9-14(20)17-11-3-5-12(21-2)6-4-11/h3-6,10,15H,7-9H2,1-2H3,(H,17,20). The zero-order valence-electron chi connectivity index (χ0n) is 12.2. The van der Waals surface area contributed by atoms with Crippen molar-refractivity contribution in [1.29, 1.82) is 0 Å². The highest BCUT2D eigenvalue weighted by atomic mass is 16.5. The fourth-order valence-electron chi connectivity index (χ4n) is 1.82. The number of nitrogens with one attached hydrogen (secondary N) is 2. The van der Waals surface area contributed by atoms with Crippen molar-refractivity contribution >= 4 is 11.6 Å². The number of anilines is 1. The van der Waals surface area contributed by atoms with E-state index < -0.39 is 0 Å². The minimum absolute atomic E-state index is 0.0851. The molecule has 112 valence electrons. The third-order valence-electron chi connectivity index (χ3n) is 2.99. The van der Waals surface area contributed by atoms with Crippen LogP contribution in [0.25, 0.3) is 0 Å². The van der Waals surface area contributed by atoms with Crippen molar-refractivity contribution in [2.75, 3.05) is 25.5 Å². The van der Waals surface area contributed by atoms with E-state index in [9.17, 15) is 4.79 Å². The summed E-state index contributed by atoms with van der Waals surface area (Å²) in [6.07, 6.45) is 2.39. The lowest BCUT2D eigenvalue weighted by Crippen LogP contribution is -2.29. The van der Waals surface area contributed by atoms with Gasteiger partial charge in [0.15, 0.2) is 0 Å². The molecule has 0 aliphatic rings. The zero-order chi connectivity index (χ0) is 15.1. The normalized spacial score (nSPS) is 10.4. The minimum atomic E-state index is -0.0851. The average Bonchev–Trinajstić information content (AvgIpc) is 2.90. The topological polar surface area (TPSA) is 81.1 Å². The number of aryl methyl sites for hydroxylation is 1. The molecule has 2 aromatic rings. The summed E-state index contributed by atoms with van der Waals surface area (Å²) in [7, 11) is 3.50. The number of methoxy groups -OCH3 is 1. The van der Waals surface area contributed by atoms with Gasteiger partial charge in [0, 0.05) is 25.7 Å². The Hall–Kier alpha value is -2.41. The Labute approximate surface area is 123 Å². The van der Waals surface area contributed by atoms with E-state index in [0.717, 1.165) is 23.7 Å². The Morgan fingerprint density at radius 3 is 2.71 bits per heavy atom. The third kappa shape index (κ3) is 4.57. The van der Waals surface area contributed by atoms with E-state index in [0.29, 0.717) is 6.54 Å². The molecule has 2 rings (SSSR count). The van der Waals surface area contributed by atoms with Gasteiger partial charge in [0.05, 0.1) is 13.7 Å². The van der Waals surface area contributed by atoms with Crippen molar-refractivity contribution < 1.29 is 9.53 Å². The second-order valence-corrected chi connectivity index (χ2v) is 4.56. The maximum absolute atomic E-state index is 11.8. The van der Waals surface area contributed by atoms with Crippen LogP contribution in [0.5, 0.6) is 5.75 Å². The fraction of sp³-hybridized carbons (Fsp3) is 0.357. The predicted octanol–water partition coefficient (Wildman–Crippen LogP) is 0.594. The van der Waals surface area contributed by atoms with Crippen LogP contribution in [0.3, 0.4) is 0 Å². The summed E-state index contributed by atoms with van der Waals surface area (Å²) in [4.78, 5) is 11.8. The maximum Gasteiger partial charge on any atom is 0.238 e. The summed E-state index contributed by atoms with van der Waals surface area (Å²) in [5.41, 5.74) is 0.746. The largest absolute Gasteiger partial charge is 0.497 e. The molecule has 1 heterocycles. The van der Waals surface area contributed by atoms with E-state index in [1.54, 1.807) is 37.7 Å². The summed E-state index contributed by atoms with van der Waals surface area (Å²) in [6.45, 7) is 0.923. The monoisotopic (exact) mass is 289 g/mol. The maximum atomic E-state index is 11.8. The van der Waals surface area contributed by atoms with Crippen LogP contribution in [-0.2, 0) is 18.3 Å². The van der Waals surface area contributed by atoms with E-state index >= 15 is 0 Å². The Kier molecular flexibility index (Phi) is 5.28. The molecule has 0 fully saturated rings. The van der Waals surface area contributed by atoms with Gasteiger partial charge in [-0.25, -0.2) is 0 Å². The number of carbonyl (C=O) groups excluding carboxylic acids is 1. The van der Waals surface area contributed by atoms with Crippen LogP contribution in [0.1, 0.15) is 5.82 Å². The first-order valence-corrected chi connectivity index (χ1v) is 6.66. The van der Waals surface area contributed by atoms with Crippen LogP contribution in [0.15, 0.2) is 30.6 Å². The first-order chi connectivity index (χ1) is 10.2. The molecule has 0 spiro atoms. The van der Waals surface area contributed by atoms with Gasteiger partial charge < -0.3 is 19.9 Å². The molecule has 0 aliphatic heterocycles. The number of ether oxygens (including phenoxy) is 1. The molecule has 0 bridgehead atoms. The summed E-state index contributed by atoms with van der Waals surface area (Å²) in [5, 5.41) is 13.7. The van der Waals surface area contributed by atoms with Crippen molar-refractivity contribution in [2.45, 2.75) is 6.42 Å². The van der Waals surface area contributed by atoms with E-state index in [1.165, 1.54) is 0 Å². The van der Waals surface area contributed by atoms with E-state index in [2.05, 4.69) is 20.8 Å². The fourth-order valence-corrected chi connectivity index (χ4v) is 1.82. The second-order valence-electron chi connectivity index (χ2n) is 4.56. The number of nitrogens with zero attached hydrogens (tertiary/aromatic N) is 3. The van der Waals surface area contributed by atoms with Gasteiger partial charge in [0.1, 0.15) is 17.9 Å². The smallest absolute Gasteiger partial charge is 0.238 e. The van der Waals surface area contributed by atoms with Crippen LogP contribution < -0.4 is 15.4 Å². The lowest BCUT2D eigenvalue weighted by Gasteiger charge is -2.07. The molecule has 7 heteroatoms. The van der Waals surface area contributed by atoms with Crippen molar-refractivity contribution in [2.24, 2.45) is 7.05 Å². The number of hydrogen-bond acceptors (Lipinski definition) is 5. The molecule has 1 aromatic heterocycles. The van der Waals surface area contributed by atoms with Crippen molar-refractivity contribution in [1.82, 2.24) is 20.1 Å². The van der Waals surface area contributed by atoms with Crippen molar-refractivity contribution in [3.05, 3.63) is 36.4 Å². The number of hydrogen-bond donors (Lipinski definition) is 2. The highest BCUT2D eigenvalue weighted by Crippen LogP contribution is 2.14. The third-order valence-corrected chi connectivity index (χ3v) is 2.99. The van der Waals surface area contributed by atoms with E-state index in [-0.39, 0.29) is 12.5 Å². The number of rotatable bonds is 7. The molecule has 7 nitrogen and oxygen atoms in total. The second kappa shape index (κ2) is 7.39. The molecule has 0 radical (unpaired) electrons. The molecule has 0 unspecified atom stereocenters. The quantitative estimate of drug-likeness (QED) is 0.729. The van der Waals surface area contributed by atoms with E-state index in [1.807, 2.05) is 11.6 Å². The Balaban J connectivity index is 1.68. The van der Waals surface area contributed by atoms with Crippen LogP contribution in [-0.4, -0.2) is 40.9 Å². The Bertz CT molecular complexity index is 579. The van der Waals surface area contributed by atoms with Crippen molar-refractivity contribution in [3.63, 3.8) is 0 Å². The van der Waals surface area contributed by atoms with Gasteiger partial charge in [-0.2, -0.15) is 0 Å². The van der Waals surface area contributed by atoms with Gasteiger partial charge in [-0.05, 0) is 24.3 Å². The van der Waals surface area contributed by atoms with Crippen LogP contribution in [0, 0.1) is 0 Å². The summed E-state index contributed by atoms with van der Waals surface area (Å²) < 4.78 is 6.92. The van der Waals surface area contributed by atoms with Gasteiger partial charge in [0.2, 0.25) is 5.91 Å². The lowest BCUT2D eigenvalue weighted by molar-refractivity contribution is -0.115. The molecular weight excluding hydrogens is 270 g/mol. The first-order valence-electron chi connectivity index (χ1n) is 6.66. The van der Waals surface area contributed by atoms with Gasteiger partial charge in [-0.3, -0.25) is 4.79 Å².